The van der Waals surface area contributed by atoms with Gasteiger partial charge in [-0.2, -0.15) is 0 Å². The Hall–Kier alpha value is -4.78. The van der Waals surface area contributed by atoms with Crippen LogP contribution in [0, 0.1) is 17.0 Å². The van der Waals surface area contributed by atoms with Crippen LogP contribution in [0.4, 0.5) is 20.2 Å². The minimum atomic E-state index is -1.38. The quantitative estimate of drug-likeness (QED) is 0.127. The van der Waals surface area contributed by atoms with Crippen molar-refractivity contribution in [3.8, 4) is 22.1 Å². The molecular formula is C33H29F2N5O4S. The summed E-state index contributed by atoms with van der Waals surface area (Å²) in [5, 5.41) is 3.28. The number of nitrogens with two attached hydrogens (primary N) is 1. The van der Waals surface area contributed by atoms with Crippen molar-refractivity contribution in [2.24, 2.45) is 11.1 Å². The number of amides is 2. The van der Waals surface area contributed by atoms with Crippen LogP contribution in [0.15, 0.2) is 79.0 Å². The molecule has 45 heavy (non-hydrogen) atoms. The molecule has 0 spiro atoms. The molecule has 5 aromatic rings. The smallest absolute Gasteiger partial charge is 0.247 e. The Labute approximate surface area is 261 Å². The number of nitrogens with one attached hydrogen (secondary N) is 1. The Morgan fingerprint density at radius 2 is 1.80 bits per heavy atom. The second-order valence-electron chi connectivity index (χ2n) is 10.6. The second kappa shape index (κ2) is 12.7. The number of carbonyl (C=O) groups is 2. The van der Waals surface area contributed by atoms with Crippen molar-refractivity contribution >= 4 is 44.7 Å². The van der Waals surface area contributed by atoms with Crippen LogP contribution in [0.1, 0.15) is 18.5 Å². The number of halogens is 2. The molecule has 0 radical (unpaired) electrons. The monoisotopic (exact) mass is 629 g/mol. The number of fused-ring (bicyclic) bond motifs is 1. The number of carbonyl (C=O) groups excluding carboxylic acids is 2. The number of aromatic nitrogens is 2. The highest BCUT2D eigenvalue weighted by atomic mass is 32.1. The van der Waals surface area contributed by atoms with Gasteiger partial charge in [0.15, 0.2) is 11.6 Å². The van der Waals surface area contributed by atoms with E-state index in [2.05, 4.69) is 10.3 Å². The van der Waals surface area contributed by atoms with Crippen molar-refractivity contribution in [3.05, 3.63) is 96.3 Å². The maximum absolute atomic E-state index is 15.6. The summed E-state index contributed by atoms with van der Waals surface area (Å²) < 4.78 is 41.1. The van der Waals surface area contributed by atoms with E-state index in [9.17, 15) is 14.0 Å². The van der Waals surface area contributed by atoms with Gasteiger partial charge in [-0.3, -0.25) is 24.5 Å². The molecule has 0 saturated heterocycles. The molecule has 1 aliphatic rings. The molecule has 1 saturated carbocycles. The summed E-state index contributed by atoms with van der Waals surface area (Å²) in [6, 6.07) is 18.6. The SMILES string of the molecule is COCCNCc1cccc(-c2cc3nccc(Oc4ccc(N(C(=O)C5(C(N)=O)CC5)c5ccc(F)cc5)cc4F)c3s2)n1. The van der Waals surface area contributed by atoms with Gasteiger partial charge >= 0.3 is 0 Å². The van der Waals surface area contributed by atoms with E-state index in [1.165, 1.54) is 52.6 Å². The van der Waals surface area contributed by atoms with Crippen molar-refractivity contribution < 1.29 is 27.8 Å². The number of pyridine rings is 2. The lowest BCUT2D eigenvalue weighted by Gasteiger charge is -2.26. The lowest BCUT2D eigenvalue weighted by molar-refractivity contribution is -0.133. The molecule has 0 aliphatic heterocycles. The number of ether oxygens (including phenoxy) is 2. The van der Waals surface area contributed by atoms with E-state index in [4.69, 9.17) is 20.2 Å². The maximum atomic E-state index is 15.6. The fourth-order valence-corrected chi connectivity index (χ4v) is 5.97. The zero-order valence-corrected chi connectivity index (χ0v) is 25.1. The summed E-state index contributed by atoms with van der Waals surface area (Å²) in [6.07, 6.45) is 2.15. The molecule has 230 valence electrons. The summed E-state index contributed by atoms with van der Waals surface area (Å²) in [4.78, 5) is 37.0. The normalized spacial score (nSPS) is 13.5. The van der Waals surface area contributed by atoms with Crippen LogP contribution in [0.2, 0.25) is 0 Å². The summed E-state index contributed by atoms with van der Waals surface area (Å²) in [5.41, 5.74) is 6.92. The predicted octanol–water partition coefficient (Wildman–Crippen LogP) is 6.10. The Balaban J connectivity index is 1.27. The Morgan fingerprint density at radius 1 is 1.02 bits per heavy atom. The second-order valence-corrected chi connectivity index (χ2v) is 11.7. The van der Waals surface area contributed by atoms with Crippen LogP contribution in [0.3, 0.4) is 0 Å². The van der Waals surface area contributed by atoms with Crippen molar-refractivity contribution in [3.63, 3.8) is 0 Å². The number of hydrogen-bond donors (Lipinski definition) is 2. The fraction of sp³-hybridized carbons (Fsp3) is 0.212. The van der Waals surface area contributed by atoms with E-state index in [0.717, 1.165) is 22.3 Å². The molecule has 9 nitrogen and oxygen atoms in total. The van der Waals surface area contributed by atoms with Crippen molar-refractivity contribution in [1.29, 1.82) is 0 Å². The zero-order valence-electron chi connectivity index (χ0n) is 24.3. The minimum absolute atomic E-state index is 0.0778. The lowest BCUT2D eigenvalue weighted by Crippen LogP contribution is -2.41. The Bertz CT molecular complexity index is 1880. The third kappa shape index (κ3) is 6.25. The van der Waals surface area contributed by atoms with E-state index in [-0.39, 0.29) is 30.0 Å². The molecule has 12 heteroatoms. The summed E-state index contributed by atoms with van der Waals surface area (Å²) in [6.45, 7) is 1.91. The van der Waals surface area contributed by atoms with Crippen LogP contribution >= 0.6 is 11.3 Å². The predicted molar refractivity (Wildman–Crippen MR) is 167 cm³/mol. The zero-order chi connectivity index (χ0) is 31.6. The lowest BCUT2D eigenvalue weighted by atomic mass is 10.0. The molecule has 0 atom stereocenters. The van der Waals surface area contributed by atoms with E-state index < -0.39 is 28.9 Å². The highest BCUT2D eigenvalue weighted by molar-refractivity contribution is 7.22. The highest BCUT2D eigenvalue weighted by Gasteiger charge is 2.57. The number of thiophene rings is 1. The molecule has 6 rings (SSSR count). The Kier molecular flexibility index (Phi) is 8.52. The van der Waals surface area contributed by atoms with Gasteiger partial charge in [-0.25, -0.2) is 8.78 Å². The van der Waals surface area contributed by atoms with Gasteiger partial charge in [0.25, 0.3) is 0 Å². The van der Waals surface area contributed by atoms with Gasteiger partial charge in [0.2, 0.25) is 11.8 Å². The van der Waals surface area contributed by atoms with E-state index >= 15 is 4.39 Å². The Morgan fingerprint density at radius 3 is 2.51 bits per heavy atom. The van der Waals surface area contributed by atoms with E-state index in [0.29, 0.717) is 35.7 Å². The number of rotatable bonds is 12. The molecule has 0 unspecified atom stereocenters. The van der Waals surface area contributed by atoms with Gasteiger partial charge in [0.1, 0.15) is 17.0 Å². The van der Waals surface area contributed by atoms with Crippen molar-refractivity contribution in [1.82, 2.24) is 15.3 Å². The first-order valence-corrected chi connectivity index (χ1v) is 15.0. The van der Waals surface area contributed by atoms with Gasteiger partial charge in [0.05, 0.1) is 38.8 Å². The van der Waals surface area contributed by atoms with Crippen LogP contribution < -0.4 is 20.7 Å². The first kappa shape index (κ1) is 30.3. The largest absolute Gasteiger partial charge is 0.453 e. The van der Waals surface area contributed by atoms with Gasteiger partial charge in [0, 0.05) is 44.2 Å². The van der Waals surface area contributed by atoms with Gasteiger partial charge in [-0.1, -0.05) is 6.07 Å². The molecule has 3 aromatic heterocycles. The van der Waals surface area contributed by atoms with Crippen molar-refractivity contribution in [2.45, 2.75) is 19.4 Å². The standard InChI is InChI=1S/C33H29F2N5O4S/c1-43-16-15-37-19-21-3-2-4-25(39-21)29-18-26-30(45-29)28(11-14-38-26)44-27-10-9-23(17-24(27)35)40(22-7-5-20(34)6-8-22)32(42)33(12-13-33)31(36)41/h2-11,14,17-18,37H,12-13,15-16,19H2,1H3,(H2,36,41). The van der Waals surface area contributed by atoms with Crippen LogP contribution in [-0.2, 0) is 20.9 Å². The van der Waals surface area contributed by atoms with Crippen LogP contribution in [0.25, 0.3) is 20.8 Å². The molecule has 2 aromatic carbocycles. The number of benzene rings is 2. The highest BCUT2D eigenvalue weighted by Crippen LogP contribution is 2.49. The molecule has 0 bridgehead atoms. The summed E-state index contributed by atoms with van der Waals surface area (Å²) in [5.74, 6) is -2.27. The third-order valence-corrected chi connectivity index (χ3v) is 8.70. The van der Waals surface area contributed by atoms with Crippen LogP contribution in [0.5, 0.6) is 11.5 Å². The third-order valence-electron chi connectivity index (χ3n) is 7.54. The molecule has 2 amide bonds. The average molecular weight is 630 g/mol. The maximum Gasteiger partial charge on any atom is 0.247 e. The van der Waals surface area contributed by atoms with Gasteiger partial charge in [-0.15, -0.1) is 11.3 Å². The fourth-order valence-electron chi connectivity index (χ4n) is 4.94. The van der Waals surface area contributed by atoms with E-state index in [1.807, 2.05) is 24.3 Å². The number of hydrogen-bond acceptors (Lipinski definition) is 8. The van der Waals surface area contributed by atoms with Crippen LogP contribution in [-0.4, -0.2) is 42.0 Å². The minimum Gasteiger partial charge on any atom is -0.453 e. The molecule has 1 aliphatic carbocycles. The molecule has 1 fully saturated rings. The first-order valence-electron chi connectivity index (χ1n) is 14.2. The van der Waals surface area contributed by atoms with Gasteiger partial charge in [-0.05, 0) is 67.4 Å². The summed E-state index contributed by atoms with van der Waals surface area (Å²) >= 11 is 1.43. The number of methoxy groups -OCH3 is 1. The summed E-state index contributed by atoms with van der Waals surface area (Å²) in [7, 11) is 1.65. The number of primary amides is 1. The van der Waals surface area contributed by atoms with Gasteiger partial charge < -0.3 is 20.5 Å². The number of anilines is 2. The molecule has 3 N–H and O–H groups in total. The molecular weight excluding hydrogens is 600 g/mol. The molecule has 3 heterocycles. The first-order chi connectivity index (χ1) is 21.8. The van der Waals surface area contributed by atoms with E-state index in [1.54, 1.807) is 19.4 Å². The topological polar surface area (TPSA) is 120 Å². The van der Waals surface area contributed by atoms with Crippen molar-refractivity contribution in [2.75, 3.05) is 25.2 Å². The average Bonchev–Trinajstić information content (AvgIpc) is 3.74. The number of nitrogens with zero attached hydrogens (tertiary/aromatic N) is 3.